The van der Waals surface area contributed by atoms with Crippen molar-refractivity contribution in [2.75, 3.05) is 0 Å². The highest BCUT2D eigenvalue weighted by Gasteiger charge is 2.19. The van der Waals surface area contributed by atoms with Crippen LogP contribution in [-0.2, 0) is 0 Å². The maximum Gasteiger partial charge on any atom is 0.135 e. The van der Waals surface area contributed by atoms with Gasteiger partial charge in [0.2, 0.25) is 0 Å². The Morgan fingerprint density at radius 1 is 0.750 bits per heavy atom. The molecule has 114 valence electrons. The summed E-state index contributed by atoms with van der Waals surface area (Å²) in [6.07, 6.45) is 2.18. The quantitative estimate of drug-likeness (QED) is 0.377. The number of ether oxygens (including phenoxy) is 1. The molecule has 0 saturated heterocycles. The summed E-state index contributed by atoms with van der Waals surface area (Å²) in [5.74, 6) is 1.74. The van der Waals surface area contributed by atoms with Crippen molar-refractivity contribution in [2.24, 2.45) is 0 Å². The van der Waals surface area contributed by atoms with Crippen LogP contribution in [0.15, 0.2) is 72.8 Å². The molecular formula is C21H13NOS. The molecule has 0 bridgehead atoms. The molecule has 5 rings (SSSR count). The largest absolute Gasteiger partial charge is 0.456 e. The van der Waals surface area contributed by atoms with Gasteiger partial charge in [0.15, 0.2) is 0 Å². The Morgan fingerprint density at radius 2 is 1.50 bits per heavy atom. The molecule has 0 radical (unpaired) electrons. The van der Waals surface area contributed by atoms with E-state index in [9.17, 15) is 0 Å². The van der Waals surface area contributed by atoms with E-state index < -0.39 is 0 Å². The van der Waals surface area contributed by atoms with Crippen molar-refractivity contribution in [3.8, 4) is 11.5 Å². The Hall–Kier alpha value is -2.91. The molecule has 0 N–H and O–H groups in total. The summed E-state index contributed by atoms with van der Waals surface area (Å²) in [5, 5.41) is 1.02. The first kappa shape index (κ1) is 13.5. The van der Waals surface area contributed by atoms with Gasteiger partial charge in [-0.1, -0.05) is 48.5 Å². The molecule has 0 atom stereocenters. The van der Waals surface area contributed by atoms with Crippen molar-refractivity contribution in [1.29, 1.82) is 0 Å². The van der Waals surface area contributed by atoms with E-state index in [0.29, 0.717) is 0 Å². The summed E-state index contributed by atoms with van der Waals surface area (Å²) in [6, 6.07) is 24.5. The lowest BCUT2D eigenvalue weighted by molar-refractivity contribution is 0.481. The van der Waals surface area contributed by atoms with Crippen molar-refractivity contribution in [3.05, 3.63) is 88.9 Å². The van der Waals surface area contributed by atoms with Crippen LogP contribution in [0.25, 0.3) is 21.9 Å². The van der Waals surface area contributed by atoms with Crippen LogP contribution in [0, 0.1) is 0 Å². The van der Waals surface area contributed by atoms with Gasteiger partial charge in [0, 0.05) is 16.7 Å². The Bertz CT molecular complexity index is 1060. The zero-order chi connectivity index (χ0) is 15.9. The lowest BCUT2D eigenvalue weighted by Crippen LogP contribution is -1.89. The molecule has 1 aliphatic rings. The third-order valence-electron chi connectivity index (χ3n) is 4.14. The molecule has 0 unspecified atom stereocenters. The van der Waals surface area contributed by atoms with E-state index in [4.69, 9.17) is 9.72 Å². The minimum Gasteiger partial charge on any atom is -0.456 e. The number of thiazole rings is 1. The van der Waals surface area contributed by atoms with Gasteiger partial charge in [-0.15, -0.1) is 11.3 Å². The van der Waals surface area contributed by atoms with Gasteiger partial charge < -0.3 is 4.74 Å². The summed E-state index contributed by atoms with van der Waals surface area (Å²) >= 11 is 1.72. The van der Waals surface area contributed by atoms with Crippen molar-refractivity contribution in [3.63, 3.8) is 0 Å². The third kappa shape index (κ3) is 2.14. The van der Waals surface area contributed by atoms with Crippen molar-refractivity contribution in [2.45, 2.75) is 0 Å². The predicted molar refractivity (Wildman–Crippen MR) is 99.6 cm³/mol. The number of benzene rings is 3. The average molecular weight is 327 g/mol. The first-order valence-corrected chi connectivity index (χ1v) is 8.64. The van der Waals surface area contributed by atoms with Gasteiger partial charge in [-0.2, -0.15) is 0 Å². The molecule has 1 aromatic heterocycles. The monoisotopic (exact) mass is 327 g/mol. The SMILES string of the molecule is C1=C(c2nc3ccccc3s2)c2ccccc2Oc2ccccc21. The van der Waals surface area contributed by atoms with Crippen LogP contribution in [0.5, 0.6) is 11.5 Å². The zero-order valence-electron chi connectivity index (χ0n) is 12.8. The zero-order valence-corrected chi connectivity index (χ0v) is 13.6. The number of hydrogen-bond donors (Lipinski definition) is 0. The van der Waals surface area contributed by atoms with Gasteiger partial charge in [-0.3, -0.25) is 0 Å². The molecule has 0 amide bonds. The van der Waals surface area contributed by atoms with Crippen LogP contribution in [0.1, 0.15) is 16.1 Å². The maximum atomic E-state index is 6.15. The third-order valence-corrected chi connectivity index (χ3v) is 5.21. The van der Waals surface area contributed by atoms with Crippen LogP contribution in [0.3, 0.4) is 0 Å². The van der Waals surface area contributed by atoms with E-state index in [1.165, 1.54) is 4.70 Å². The van der Waals surface area contributed by atoms with E-state index in [0.717, 1.165) is 38.7 Å². The van der Waals surface area contributed by atoms with E-state index in [-0.39, 0.29) is 0 Å². The minimum absolute atomic E-state index is 0.868. The highest BCUT2D eigenvalue weighted by Crippen LogP contribution is 2.42. The number of rotatable bonds is 1. The summed E-state index contributed by atoms with van der Waals surface area (Å²) < 4.78 is 7.35. The second-order valence-corrected chi connectivity index (χ2v) is 6.71. The predicted octanol–water partition coefficient (Wildman–Crippen LogP) is 5.99. The lowest BCUT2D eigenvalue weighted by Gasteiger charge is -2.09. The second-order valence-electron chi connectivity index (χ2n) is 5.68. The Morgan fingerprint density at radius 3 is 2.42 bits per heavy atom. The molecule has 2 heterocycles. The van der Waals surface area contributed by atoms with E-state index in [1.54, 1.807) is 11.3 Å². The van der Waals surface area contributed by atoms with Gasteiger partial charge in [-0.05, 0) is 30.3 Å². The van der Waals surface area contributed by atoms with E-state index in [2.05, 4.69) is 36.4 Å². The molecule has 0 aliphatic carbocycles. The highest BCUT2D eigenvalue weighted by atomic mass is 32.1. The molecule has 3 aromatic carbocycles. The minimum atomic E-state index is 0.868. The number of hydrogen-bond acceptors (Lipinski definition) is 3. The second kappa shape index (κ2) is 5.32. The molecule has 3 heteroatoms. The van der Waals surface area contributed by atoms with Crippen molar-refractivity contribution >= 4 is 33.2 Å². The molecule has 1 aliphatic heterocycles. The van der Waals surface area contributed by atoms with Gasteiger partial charge in [0.25, 0.3) is 0 Å². The Labute approximate surface area is 143 Å². The van der Waals surface area contributed by atoms with Crippen LogP contribution in [-0.4, -0.2) is 4.98 Å². The first-order valence-electron chi connectivity index (χ1n) is 7.82. The average Bonchev–Trinajstić information content (AvgIpc) is 2.97. The molecular weight excluding hydrogens is 314 g/mol. The summed E-state index contributed by atoms with van der Waals surface area (Å²) in [6.45, 7) is 0. The van der Waals surface area contributed by atoms with Gasteiger partial charge in [0.05, 0.1) is 10.2 Å². The topological polar surface area (TPSA) is 22.1 Å². The molecule has 0 saturated carbocycles. The number of fused-ring (bicyclic) bond motifs is 3. The normalized spacial score (nSPS) is 12.8. The molecule has 2 nitrogen and oxygen atoms in total. The van der Waals surface area contributed by atoms with Crippen LogP contribution < -0.4 is 4.74 Å². The van der Waals surface area contributed by atoms with Gasteiger partial charge in [0.1, 0.15) is 16.5 Å². The smallest absolute Gasteiger partial charge is 0.135 e. The summed E-state index contributed by atoms with van der Waals surface area (Å²) in [5.41, 5.74) is 4.29. The Balaban J connectivity index is 1.80. The highest BCUT2D eigenvalue weighted by molar-refractivity contribution is 7.19. The van der Waals surface area contributed by atoms with E-state index >= 15 is 0 Å². The fourth-order valence-corrected chi connectivity index (χ4v) is 3.98. The van der Waals surface area contributed by atoms with Gasteiger partial charge >= 0.3 is 0 Å². The standard InChI is InChI=1S/C21H13NOS/c1-4-10-18-14(7-1)13-16(15-8-2-5-11-19(15)23-18)21-22-17-9-3-6-12-20(17)24-21/h1-13H. The van der Waals surface area contributed by atoms with Gasteiger partial charge in [-0.25, -0.2) is 4.98 Å². The summed E-state index contributed by atoms with van der Waals surface area (Å²) in [7, 11) is 0. The number of nitrogens with zero attached hydrogens (tertiary/aromatic N) is 1. The molecule has 4 aromatic rings. The maximum absolute atomic E-state index is 6.15. The number of aromatic nitrogens is 1. The van der Waals surface area contributed by atoms with Crippen molar-refractivity contribution < 1.29 is 4.74 Å². The Kier molecular flexibility index (Phi) is 3.00. The van der Waals surface area contributed by atoms with Crippen LogP contribution in [0.4, 0.5) is 0 Å². The first-order chi connectivity index (χ1) is 11.9. The fraction of sp³-hybridized carbons (Fsp3) is 0. The molecule has 24 heavy (non-hydrogen) atoms. The molecule has 0 spiro atoms. The molecule has 0 fully saturated rings. The summed E-state index contributed by atoms with van der Waals surface area (Å²) in [4.78, 5) is 4.84. The number of para-hydroxylation sites is 3. The fourth-order valence-electron chi connectivity index (χ4n) is 2.99. The lowest BCUT2D eigenvalue weighted by atomic mass is 10.0. The van der Waals surface area contributed by atoms with Crippen molar-refractivity contribution in [1.82, 2.24) is 4.98 Å². The van der Waals surface area contributed by atoms with Crippen LogP contribution in [0.2, 0.25) is 0 Å². The van der Waals surface area contributed by atoms with Crippen LogP contribution >= 0.6 is 11.3 Å². The van der Waals surface area contributed by atoms with E-state index in [1.807, 2.05) is 42.5 Å².